The number of benzene rings is 1. The zero-order valence-corrected chi connectivity index (χ0v) is 11.9. The fraction of sp³-hybridized carbons (Fsp3) is 0.357. The second-order valence-electron chi connectivity index (χ2n) is 5.01. The van der Waals surface area contributed by atoms with Gasteiger partial charge in [0.05, 0.1) is 0 Å². The van der Waals surface area contributed by atoms with E-state index in [1.807, 2.05) is 0 Å². The van der Waals surface area contributed by atoms with Crippen LogP contribution in [-0.4, -0.2) is 48.1 Å². The summed E-state index contributed by atoms with van der Waals surface area (Å²) in [6.07, 6.45) is -4.31. The molecule has 0 saturated carbocycles. The van der Waals surface area contributed by atoms with E-state index < -0.39 is 43.2 Å². The van der Waals surface area contributed by atoms with Gasteiger partial charge in [0.2, 0.25) is 5.91 Å². The number of amides is 4. The highest BCUT2D eigenvalue weighted by molar-refractivity contribution is 6.06. The molecule has 1 aromatic rings. The van der Waals surface area contributed by atoms with Crippen molar-refractivity contribution in [1.82, 2.24) is 15.5 Å². The Balaban J connectivity index is 1.92. The van der Waals surface area contributed by atoms with Gasteiger partial charge in [0.25, 0.3) is 5.91 Å². The van der Waals surface area contributed by atoms with Crippen LogP contribution in [0.1, 0.15) is 5.56 Å². The molecule has 2 rings (SSSR count). The minimum atomic E-state index is -4.55. The Kier molecular flexibility index (Phi) is 4.87. The van der Waals surface area contributed by atoms with Gasteiger partial charge in [-0.1, -0.05) is 30.3 Å². The third kappa shape index (κ3) is 4.70. The summed E-state index contributed by atoms with van der Waals surface area (Å²) in [5.41, 5.74) is 0.814. The van der Waals surface area contributed by atoms with Crippen molar-refractivity contribution < 1.29 is 27.6 Å². The van der Waals surface area contributed by atoms with Crippen LogP contribution in [0.5, 0.6) is 0 Å². The number of nitrogens with one attached hydrogen (secondary N) is 2. The zero-order valence-electron chi connectivity index (χ0n) is 11.9. The van der Waals surface area contributed by atoms with Gasteiger partial charge >= 0.3 is 12.2 Å². The molecular weight excluding hydrogens is 315 g/mol. The quantitative estimate of drug-likeness (QED) is 0.786. The van der Waals surface area contributed by atoms with Crippen LogP contribution in [-0.2, 0) is 16.0 Å². The predicted molar refractivity (Wildman–Crippen MR) is 73.2 cm³/mol. The number of carbonyl (C=O) groups is 3. The van der Waals surface area contributed by atoms with Gasteiger partial charge in [0, 0.05) is 6.42 Å². The Bertz CT molecular complexity index is 604. The van der Waals surface area contributed by atoms with E-state index in [1.165, 1.54) is 0 Å². The molecule has 1 unspecified atom stereocenters. The lowest BCUT2D eigenvalue weighted by atomic mass is 10.1. The molecule has 1 heterocycles. The minimum Gasteiger partial charge on any atom is -0.345 e. The molecule has 1 aliphatic heterocycles. The van der Waals surface area contributed by atoms with Crippen molar-refractivity contribution in [1.29, 1.82) is 0 Å². The van der Waals surface area contributed by atoms with Gasteiger partial charge in [-0.2, -0.15) is 13.2 Å². The van der Waals surface area contributed by atoms with Crippen molar-refractivity contribution in [3.05, 3.63) is 35.9 Å². The van der Waals surface area contributed by atoms with Crippen molar-refractivity contribution >= 4 is 17.8 Å². The Hall–Kier alpha value is -2.58. The molecule has 1 atom stereocenters. The molecule has 124 valence electrons. The molecule has 1 saturated heterocycles. The van der Waals surface area contributed by atoms with Crippen molar-refractivity contribution in [2.75, 3.05) is 13.1 Å². The highest BCUT2D eigenvalue weighted by atomic mass is 19.4. The van der Waals surface area contributed by atoms with Gasteiger partial charge in [0.15, 0.2) is 0 Å². The van der Waals surface area contributed by atoms with Crippen LogP contribution >= 0.6 is 0 Å². The fourth-order valence-corrected chi connectivity index (χ4v) is 2.11. The lowest BCUT2D eigenvalue weighted by Crippen LogP contribution is -2.43. The first-order chi connectivity index (χ1) is 10.8. The molecular formula is C14H14F3N3O3. The first-order valence-corrected chi connectivity index (χ1v) is 6.75. The fourth-order valence-electron chi connectivity index (χ4n) is 2.11. The molecule has 0 aliphatic carbocycles. The maximum absolute atomic E-state index is 12.1. The van der Waals surface area contributed by atoms with Crippen LogP contribution in [0, 0.1) is 0 Å². The maximum atomic E-state index is 12.1. The van der Waals surface area contributed by atoms with Crippen molar-refractivity contribution in [3.63, 3.8) is 0 Å². The first-order valence-electron chi connectivity index (χ1n) is 6.75. The average Bonchev–Trinajstić information content (AvgIpc) is 2.73. The highest BCUT2D eigenvalue weighted by Crippen LogP contribution is 2.13. The molecule has 1 aromatic carbocycles. The van der Waals surface area contributed by atoms with E-state index in [2.05, 4.69) is 5.32 Å². The second-order valence-corrected chi connectivity index (χ2v) is 5.01. The second kappa shape index (κ2) is 6.67. The minimum absolute atomic E-state index is 0.242. The highest BCUT2D eigenvalue weighted by Gasteiger charge is 2.39. The SMILES string of the molecule is O=C(CN1C(=O)NC(Cc2ccccc2)C1=O)NCC(F)(F)F. The van der Waals surface area contributed by atoms with Crippen LogP contribution in [0.25, 0.3) is 0 Å². The molecule has 0 bridgehead atoms. The van der Waals surface area contributed by atoms with Crippen LogP contribution in [0.3, 0.4) is 0 Å². The van der Waals surface area contributed by atoms with Gasteiger partial charge in [-0.15, -0.1) is 0 Å². The summed E-state index contributed by atoms with van der Waals surface area (Å²) >= 11 is 0. The van der Waals surface area contributed by atoms with E-state index in [-0.39, 0.29) is 6.42 Å². The summed E-state index contributed by atoms with van der Waals surface area (Å²) in [6.45, 7) is -2.25. The summed E-state index contributed by atoms with van der Waals surface area (Å²) in [6, 6.07) is 7.28. The normalized spacial score (nSPS) is 18.0. The molecule has 4 amide bonds. The standard InChI is InChI=1S/C14H14F3N3O3/c15-14(16,17)8-18-11(21)7-20-12(22)10(19-13(20)23)6-9-4-2-1-3-5-9/h1-5,10H,6-8H2,(H,18,21)(H,19,23). The number of nitrogens with zero attached hydrogens (tertiary/aromatic N) is 1. The third-order valence-corrected chi connectivity index (χ3v) is 3.18. The summed E-state index contributed by atoms with van der Waals surface area (Å²) in [4.78, 5) is 35.8. The Morgan fingerprint density at radius 2 is 1.87 bits per heavy atom. The van der Waals surface area contributed by atoms with Gasteiger partial charge < -0.3 is 10.6 Å². The smallest absolute Gasteiger partial charge is 0.345 e. The Labute approximate surface area is 129 Å². The van der Waals surface area contributed by atoms with Crippen molar-refractivity contribution in [3.8, 4) is 0 Å². The predicted octanol–water partition coefficient (Wildman–Crippen LogP) is 0.828. The first kappa shape index (κ1) is 16.8. The monoisotopic (exact) mass is 329 g/mol. The number of halogens is 3. The molecule has 23 heavy (non-hydrogen) atoms. The van der Waals surface area contributed by atoms with E-state index in [1.54, 1.807) is 35.6 Å². The number of hydrogen-bond acceptors (Lipinski definition) is 3. The Morgan fingerprint density at radius 1 is 1.22 bits per heavy atom. The lowest BCUT2D eigenvalue weighted by molar-refractivity contribution is -0.140. The third-order valence-electron chi connectivity index (χ3n) is 3.18. The summed E-state index contributed by atoms with van der Waals surface area (Å²) in [5, 5.41) is 4.03. The van der Waals surface area contributed by atoms with Crippen molar-refractivity contribution in [2.45, 2.75) is 18.6 Å². The molecule has 2 N–H and O–H groups in total. The van der Waals surface area contributed by atoms with E-state index in [0.717, 1.165) is 5.56 Å². The summed E-state index contributed by atoms with van der Waals surface area (Å²) in [7, 11) is 0. The lowest BCUT2D eigenvalue weighted by Gasteiger charge is -2.14. The van der Waals surface area contributed by atoms with Crippen LogP contribution in [0.4, 0.5) is 18.0 Å². The zero-order chi connectivity index (χ0) is 17.0. The number of imide groups is 1. The molecule has 0 spiro atoms. The van der Waals surface area contributed by atoms with E-state index >= 15 is 0 Å². The van der Waals surface area contributed by atoms with Crippen LogP contribution in [0.15, 0.2) is 30.3 Å². The molecule has 1 fully saturated rings. The van der Waals surface area contributed by atoms with Gasteiger partial charge in [0.1, 0.15) is 19.1 Å². The molecule has 0 radical (unpaired) electrons. The number of rotatable bonds is 5. The molecule has 6 nitrogen and oxygen atoms in total. The molecule has 1 aliphatic rings. The van der Waals surface area contributed by atoms with Crippen molar-refractivity contribution in [2.24, 2.45) is 0 Å². The van der Waals surface area contributed by atoms with E-state index in [0.29, 0.717) is 4.90 Å². The van der Waals surface area contributed by atoms with Gasteiger partial charge in [-0.3, -0.25) is 14.5 Å². The van der Waals surface area contributed by atoms with Gasteiger partial charge in [-0.05, 0) is 5.56 Å². The van der Waals surface area contributed by atoms with Crippen LogP contribution in [0.2, 0.25) is 0 Å². The number of carbonyl (C=O) groups excluding carboxylic acids is 3. The maximum Gasteiger partial charge on any atom is 0.405 e. The number of urea groups is 1. The summed E-state index contributed by atoms with van der Waals surface area (Å²) < 4.78 is 36.0. The van der Waals surface area contributed by atoms with Gasteiger partial charge in [-0.25, -0.2) is 4.79 Å². The van der Waals surface area contributed by atoms with E-state index in [4.69, 9.17) is 0 Å². The molecule has 9 heteroatoms. The van der Waals surface area contributed by atoms with E-state index in [9.17, 15) is 27.6 Å². The average molecular weight is 329 g/mol. The molecule has 0 aromatic heterocycles. The summed E-state index contributed by atoms with van der Waals surface area (Å²) in [5.74, 6) is -1.69. The topological polar surface area (TPSA) is 78.5 Å². The van der Waals surface area contributed by atoms with Crippen LogP contribution < -0.4 is 10.6 Å². The number of hydrogen-bond donors (Lipinski definition) is 2. The largest absolute Gasteiger partial charge is 0.405 e. The Morgan fingerprint density at radius 3 is 2.48 bits per heavy atom. The number of alkyl halides is 3.